The van der Waals surface area contributed by atoms with Crippen molar-refractivity contribution in [2.24, 2.45) is 0 Å². The summed E-state index contributed by atoms with van der Waals surface area (Å²) >= 11 is 9.05. The number of carbonyl (C=O) groups is 1. The van der Waals surface area contributed by atoms with E-state index in [1.165, 1.54) is 27.7 Å². The van der Waals surface area contributed by atoms with Crippen LogP contribution in [0.3, 0.4) is 0 Å². The second kappa shape index (κ2) is 9.98. The average molecular weight is 582 g/mol. The summed E-state index contributed by atoms with van der Waals surface area (Å²) in [5.41, 5.74) is 1.66. The number of amides is 1. The Kier molecular flexibility index (Phi) is 6.62. The highest BCUT2D eigenvalue weighted by Gasteiger charge is 2.32. The maximum atomic E-state index is 14.0. The van der Waals surface area contributed by atoms with Crippen molar-refractivity contribution < 1.29 is 14.3 Å². The molecule has 1 N–H and O–H groups in total. The van der Waals surface area contributed by atoms with Gasteiger partial charge in [-0.1, -0.05) is 29.4 Å². The number of hydrogen-bond acceptors (Lipinski definition) is 8. The van der Waals surface area contributed by atoms with Gasteiger partial charge in [-0.2, -0.15) is 0 Å². The fourth-order valence-electron chi connectivity index (χ4n) is 4.65. The Morgan fingerprint density at radius 2 is 2.03 bits per heavy atom. The zero-order valence-corrected chi connectivity index (χ0v) is 23.7. The Morgan fingerprint density at radius 3 is 2.77 bits per heavy atom. The summed E-state index contributed by atoms with van der Waals surface area (Å²) in [5.74, 6) is 0.972. The van der Waals surface area contributed by atoms with Crippen LogP contribution in [0.1, 0.15) is 24.3 Å². The number of methoxy groups -OCH3 is 1. The van der Waals surface area contributed by atoms with Crippen molar-refractivity contribution in [1.29, 1.82) is 0 Å². The first-order valence-corrected chi connectivity index (χ1v) is 14.3. The van der Waals surface area contributed by atoms with Gasteiger partial charge in [-0.15, -0.1) is 21.5 Å². The molecule has 0 aliphatic carbocycles. The molecule has 3 aromatic heterocycles. The second-order valence-corrected chi connectivity index (χ2v) is 12.2. The molecule has 6 rings (SSSR count). The van der Waals surface area contributed by atoms with Crippen LogP contribution in [-0.4, -0.2) is 43.5 Å². The normalized spacial score (nSPS) is 14.5. The van der Waals surface area contributed by atoms with Gasteiger partial charge < -0.3 is 14.8 Å². The number of nitrogens with zero attached hydrogens (tertiary/aromatic N) is 4. The first-order valence-electron chi connectivity index (χ1n) is 12.1. The van der Waals surface area contributed by atoms with Gasteiger partial charge in [-0.3, -0.25) is 9.59 Å². The monoisotopic (exact) mass is 581 g/mol. The molecule has 1 aliphatic rings. The quantitative estimate of drug-likeness (QED) is 0.270. The Hall–Kier alpha value is -3.38. The fraction of sp³-hybridized carbons (Fsp3) is 0.259. The summed E-state index contributed by atoms with van der Waals surface area (Å²) in [5, 5.41) is 13.3. The Bertz CT molecular complexity index is 1790. The standard InChI is InChI=1S/C27H24ClN5O4S2/c1-27(2)12-19-20(13-37-27)39-24-22(19)23(35)32(17-6-4-5-15(28)11-17)25-30-31-26(33(24)25)38-14-21(34)29-16-7-9-18(36-3)10-8-16/h4-11H,12-14H2,1-3H3,(H,29,34). The Morgan fingerprint density at radius 1 is 1.23 bits per heavy atom. The molecule has 200 valence electrons. The lowest BCUT2D eigenvalue weighted by molar-refractivity contribution is -0.113. The van der Waals surface area contributed by atoms with E-state index in [1.807, 2.05) is 24.3 Å². The SMILES string of the molecule is COc1ccc(NC(=O)CSc2nnc3n(-c4cccc(Cl)c4)c(=O)c4c5c(sc4n23)COC(C)(C)C5)cc1. The number of rotatable bonds is 6. The molecule has 39 heavy (non-hydrogen) atoms. The summed E-state index contributed by atoms with van der Waals surface area (Å²) in [4.78, 5) is 28.6. The number of benzene rings is 2. The maximum Gasteiger partial charge on any atom is 0.268 e. The lowest BCUT2D eigenvalue weighted by Gasteiger charge is -2.29. The van der Waals surface area contributed by atoms with Gasteiger partial charge in [-0.05, 0) is 61.9 Å². The van der Waals surface area contributed by atoms with Crippen LogP contribution in [0.25, 0.3) is 21.7 Å². The van der Waals surface area contributed by atoms with Crippen LogP contribution in [0.15, 0.2) is 58.5 Å². The summed E-state index contributed by atoms with van der Waals surface area (Å²) in [6, 6.07) is 14.2. The van der Waals surface area contributed by atoms with E-state index in [0.717, 1.165) is 15.3 Å². The average Bonchev–Trinajstić information content (AvgIpc) is 3.49. The molecule has 1 aliphatic heterocycles. The zero-order valence-electron chi connectivity index (χ0n) is 21.4. The minimum Gasteiger partial charge on any atom is -0.497 e. The molecule has 0 saturated heterocycles. The number of fused-ring (bicyclic) bond motifs is 5. The van der Waals surface area contributed by atoms with E-state index in [2.05, 4.69) is 15.5 Å². The fourth-order valence-corrected chi connectivity index (χ4v) is 6.84. The first-order chi connectivity index (χ1) is 18.7. The third-order valence-electron chi connectivity index (χ3n) is 6.48. The highest BCUT2D eigenvalue weighted by Crippen LogP contribution is 2.39. The van der Waals surface area contributed by atoms with E-state index in [9.17, 15) is 9.59 Å². The summed E-state index contributed by atoms with van der Waals surface area (Å²) in [7, 11) is 1.59. The molecule has 0 radical (unpaired) electrons. The molecule has 0 spiro atoms. The van der Waals surface area contributed by atoms with E-state index in [-0.39, 0.29) is 17.2 Å². The molecule has 4 heterocycles. The molecule has 9 nitrogen and oxygen atoms in total. The van der Waals surface area contributed by atoms with Gasteiger partial charge in [0.15, 0.2) is 5.16 Å². The number of thiophene rings is 1. The van der Waals surface area contributed by atoms with E-state index < -0.39 is 5.60 Å². The van der Waals surface area contributed by atoms with Gasteiger partial charge in [0.25, 0.3) is 5.56 Å². The van der Waals surface area contributed by atoms with Crippen molar-refractivity contribution in [3.05, 3.63) is 74.3 Å². The minimum atomic E-state index is -0.395. The van der Waals surface area contributed by atoms with Crippen LogP contribution in [-0.2, 0) is 22.6 Å². The van der Waals surface area contributed by atoms with Gasteiger partial charge in [0.1, 0.15) is 10.6 Å². The predicted octanol–water partition coefficient (Wildman–Crippen LogP) is 5.34. The lowest BCUT2D eigenvalue weighted by Crippen LogP contribution is -2.32. The summed E-state index contributed by atoms with van der Waals surface area (Å²) in [6.07, 6.45) is 0.605. The molecule has 0 atom stereocenters. The second-order valence-electron chi connectivity index (χ2n) is 9.71. The molecular formula is C27H24ClN5O4S2. The summed E-state index contributed by atoms with van der Waals surface area (Å²) in [6.45, 7) is 4.47. The van der Waals surface area contributed by atoms with Crippen LogP contribution in [0.4, 0.5) is 5.69 Å². The lowest BCUT2D eigenvalue weighted by atomic mass is 9.94. The molecule has 0 bridgehead atoms. The molecule has 0 unspecified atom stereocenters. The van der Waals surface area contributed by atoms with Gasteiger partial charge >= 0.3 is 0 Å². The molecular weight excluding hydrogens is 558 g/mol. The molecule has 5 aromatic rings. The molecule has 0 fully saturated rings. The predicted molar refractivity (Wildman–Crippen MR) is 154 cm³/mol. The van der Waals surface area contributed by atoms with Gasteiger partial charge in [0.05, 0.1) is 36.1 Å². The third-order valence-corrected chi connectivity index (χ3v) is 8.83. The number of anilines is 1. The molecule has 1 amide bonds. The van der Waals surface area contributed by atoms with Gasteiger partial charge in [0.2, 0.25) is 11.7 Å². The van der Waals surface area contributed by atoms with Crippen LogP contribution >= 0.6 is 34.7 Å². The number of carbonyl (C=O) groups excluding carboxylic acids is 1. The number of nitrogens with one attached hydrogen (secondary N) is 1. The van der Waals surface area contributed by atoms with Crippen LogP contribution in [0.2, 0.25) is 5.02 Å². The number of halogens is 1. The molecule has 12 heteroatoms. The highest BCUT2D eigenvalue weighted by atomic mass is 35.5. The largest absolute Gasteiger partial charge is 0.497 e. The van der Waals surface area contributed by atoms with Crippen LogP contribution in [0, 0.1) is 0 Å². The number of hydrogen-bond donors (Lipinski definition) is 1. The van der Waals surface area contributed by atoms with E-state index in [0.29, 0.717) is 51.5 Å². The van der Waals surface area contributed by atoms with Crippen molar-refractivity contribution in [2.45, 2.75) is 37.6 Å². The van der Waals surface area contributed by atoms with E-state index >= 15 is 0 Å². The number of thioether (sulfide) groups is 1. The smallest absolute Gasteiger partial charge is 0.268 e. The van der Waals surface area contributed by atoms with Crippen molar-refractivity contribution >= 4 is 62.3 Å². The van der Waals surface area contributed by atoms with Gasteiger partial charge in [-0.25, -0.2) is 8.97 Å². The molecule has 2 aromatic carbocycles. The zero-order chi connectivity index (χ0) is 27.3. The Balaban J connectivity index is 1.44. The Labute approximate surface area is 236 Å². The van der Waals surface area contributed by atoms with Gasteiger partial charge in [0, 0.05) is 22.0 Å². The van der Waals surface area contributed by atoms with Crippen molar-refractivity contribution in [3.63, 3.8) is 0 Å². The van der Waals surface area contributed by atoms with E-state index in [4.69, 9.17) is 21.1 Å². The number of ether oxygens (including phenoxy) is 2. The molecule has 0 saturated carbocycles. The van der Waals surface area contributed by atoms with Crippen LogP contribution in [0.5, 0.6) is 5.75 Å². The minimum absolute atomic E-state index is 0.103. The summed E-state index contributed by atoms with van der Waals surface area (Å²) < 4.78 is 14.6. The topological polar surface area (TPSA) is 99.7 Å². The highest BCUT2D eigenvalue weighted by molar-refractivity contribution is 7.99. The van der Waals surface area contributed by atoms with Crippen molar-refractivity contribution in [2.75, 3.05) is 18.2 Å². The number of aromatic nitrogens is 4. The third kappa shape index (κ3) is 4.80. The van der Waals surface area contributed by atoms with E-state index in [1.54, 1.807) is 49.6 Å². The first kappa shape index (κ1) is 25.9. The van der Waals surface area contributed by atoms with Crippen molar-refractivity contribution in [3.8, 4) is 11.4 Å². The maximum absolute atomic E-state index is 14.0. The van der Waals surface area contributed by atoms with Crippen molar-refractivity contribution in [1.82, 2.24) is 19.2 Å². The van der Waals surface area contributed by atoms with Crippen LogP contribution < -0.4 is 15.6 Å².